The third kappa shape index (κ3) is 2.67. The minimum Gasteiger partial charge on any atom is -0.480 e. The summed E-state index contributed by atoms with van der Waals surface area (Å²) in [5, 5.41) is 8.95. The largest absolute Gasteiger partial charge is 0.480 e. The molecule has 0 fully saturated rings. The summed E-state index contributed by atoms with van der Waals surface area (Å²) < 4.78 is 0. The molecule has 1 aliphatic carbocycles. The van der Waals surface area contributed by atoms with Crippen LogP contribution in [-0.4, -0.2) is 29.1 Å². The molecule has 0 aromatic heterocycles. The van der Waals surface area contributed by atoms with Gasteiger partial charge >= 0.3 is 5.97 Å². The van der Waals surface area contributed by atoms with E-state index >= 15 is 0 Å². The smallest absolute Gasteiger partial charge is 0.317 e. The van der Waals surface area contributed by atoms with Crippen molar-refractivity contribution in [2.75, 3.05) is 13.1 Å². The van der Waals surface area contributed by atoms with Crippen molar-refractivity contribution in [3.8, 4) is 0 Å². The van der Waals surface area contributed by atoms with E-state index in [1.54, 1.807) is 0 Å². The topological polar surface area (TPSA) is 40.5 Å². The standard InChI is InChI=1S/C14H19NO2/c1-2-15(10-14(16)17)13-9-5-7-11-6-3-4-8-12(11)13/h3-4,6,8,13H,2,5,7,9-10H2,1H3,(H,16,17). The molecule has 0 radical (unpaired) electrons. The number of rotatable bonds is 4. The molecule has 1 unspecified atom stereocenters. The van der Waals surface area contributed by atoms with Crippen LogP contribution in [0.3, 0.4) is 0 Å². The Kier molecular flexibility index (Phi) is 3.79. The molecule has 1 aromatic rings. The third-order valence-electron chi connectivity index (χ3n) is 3.52. The number of hydrogen-bond donors (Lipinski definition) is 1. The number of aliphatic carboxylic acids is 1. The lowest BCUT2D eigenvalue weighted by molar-refractivity contribution is -0.139. The predicted molar refractivity (Wildman–Crippen MR) is 67.0 cm³/mol. The number of carboxylic acids is 1. The van der Waals surface area contributed by atoms with Crippen molar-refractivity contribution in [2.45, 2.75) is 32.2 Å². The average molecular weight is 233 g/mol. The Hall–Kier alpha value is -1.35. The second-order valence-electron chi connectivity index (χ2n) is 4.56. The van der Waals surface area contributed by atoms with Gasteiger partial charge in [-0.2, -0.15) is 0 Å². The first-order valence-corrected chi connectivity index (χ1v) is 6.26. The molecule has 1 aliphatic rings. The van der Waals surface area contributed by atoms with Gasteiger partial charge in [0.2, 0.25) is 0 Å². The highest BCUT2D eigenvalue weighted by molar-refractivity contribution is 5.69. The number of aryl methyl sites for hydroxylation is 1. The number of carbonyl (C=O) groups is 1. The van der Waals surface area contributed by atoms with Crippen LogP contribution in [0.15, 0.2) is 24.3 Å². The van der Waals surface area contributed by atoms with Crippen molar-refractivity contribution in [1.29, 1.82) is 0 Å². The van der Waals surface area contributed by atoms with Crippen LogP contribution in [0.25, 0.3) is 0 Å². The van der Waals surface area contributed by atoms with E-state index in [-0.39, 0.29) is 12.6 Å². The van der Waals surface area contributed by atoms with Gasteiger partial charge in [-0.25, -0.2) is 0 Å². The first kappa shape index (κ1) is 12.1. The van der Waals surface area contributed by atoms with Gasteiger partial charge in [-0.3, -0.25) is 9.69 Å². The highest BCUT2D eigenvalue weighted by Gasteiger charge is 2.25. The zero-order chi connectivity index (χ0) is 12.3. The van der Waals surface area contributed by atoms with Crippen molar-refractivity contribution in [1.82, 2.24) is 4.90 Å². The van der Waals surface area contributed by atoms with Crippen LogP contribution >= 0.6 is 0 Å². The SMILES string of the molecule is CCN(CC(=O)O)C1CCCc2ccccc21. The van der Waals surface area contributed by atoms with Gasteiger partial charge in [0, 0.05) is 6.04 Å². The van der Waals surface area contributed by atoms with Gasteiger partial charge in [0.15, 0.2) is 0 Å². The predicted octanol–water partition coefficient (Wildman–Crippen LogP) is 2.47. The van der Waals surface area contributed by atoms with E-state index in [0.29, 0.717) is 0 Å². The lowest BCUT2D eigenvalue weighted by atomic mass is 9.87. The molecule has 3 heteroatoms. The van der Waals surface area contributed by atoms with Crippen molar-refractivity contribution in [2.24, 2.45) is 0 Å². The number of hydrogen-bond acceptors (Lipinski definition) is 2. The van der Waals surface area contributed by atoms with E-state index in [2.05, 4.69) is 23.1 Å². The zero-order valence-electron chi connectivity index (χ0n) is 10.2. The quantitative estimate of drug-likeness (QED) is 0.868. The van der Waals surface area contributed by atoms with Gasteiger partial charge in [-0.05, 0) is 36.9 Å². The maximum atomic E-state index is 10.9. The van der Waals surface area contributed by atoms with Crippen LogP contribution in [0, 0.1) is 0 Å². The Morgan fingerprint density at radius 2 is 2.24 bits per heavy atom. The monoisotopic (exact) mass is 233 g/mol. The fraction of sp³-hybridized carbons (Fsp3) is 0.500. The highest BCUT2D eigenvalue weighted by Crippen LogP contribution is 2.33. The first-order chi connectivity index (χ1) is 8.22. The van der Waals surface area contributed by atoms with Crippen molar-refractivity contribution in [3.05, 3.63) is 35.4 Å². The van der Waals surface area contributed by atoms with Gasteiger partial charge in [-0.1, -0.05) is 31.2 Å². The lowest BCUT2D eigenvalue weighted by Gasteiger charge is -2.34. The fourth-order valence-corrected chi connectivity index (χ4v) is 2.72. The molecule has 1 aromatic carbocycles. The number of fused-ring (bicyclic) bond motifs is 1. The molecule has 0 spiro atoms. The first-order valence-electron chi connectivity index (χ1n) is 6.26. The normalized spacial score (nSPS) is 19.1. The molecule has 92 valence electrons. The number of likely N-dealkylation sites (N-methyl/N-ethyl adjacent to an activating group) is 1. The summed E-state index contributed by atoms with van der Waals surface area (Å²) >= 11 is 0. The molecule has 0 amide bonds. The molecule has 1 N–H and O–H groups in total. The summed E-state index contributed by atoms with van der Waals surface area (Å²) in [5.41, 5.74) is 2.70. The van der Waals surface area contributed by atoms with Crippen LogP contribution in [0.4, 0.5) is 0 Å². The van der Waals surface area contributed by atoms with Crippen molar-refractivity contribution < 1.29 is 9.90 Å². The number of nitrogens with zero attached hydrogens (tertiary/aromatic N) is 1. The van der Waals surface area contributed by atoms with Gasteiger partial charge in [0.25, 0.3) is 0 Å². The fourth-order valence-electron chi connectivity index (χ4n) is 2.72. The minimum atomic E-state index is -0.741. The molecule has 17 heavy (non-hydrogen) atoms. The van der Waals surface area contributed by atoms with Crippen LogP contribution in [0.1, 0.15) is 36.9 Å². The molecule has 0 aliphatic heterocycles. The molecule has 0 bridgehead atoms. The zero-order valence-corrected chi connectivity index (χ0v) is 10.2. The molecule has 0 saturated carbocycles. The molecule has 0 saturated heterocycles. The second kappa shape index (κ2) is 5.32. The Morgan fingerprint density at radius 1 is 1.47 bits per heavy atom. The van der Waals surface area contributed by atoms with Gasteiger partial charge < -0.3 is 5.11 Å². The Bertz CT molecular complexity index is 403. The number of carboxylic acid groups (broad SMARTS) is 1. The van der Waals surface area contributed by atoms with Crippen molar-refractivity contribution >= 4 is 5.97 Å². The van der Waals surface area contributed by atoms with E-state index in [1.165, 1.54) is 11.1 Å². The third-order valence-corrected chi connectivity index (χ3v) is 3.52. The molecule has 2 rings (SSSR count). The van der Waals surface area contributed by atoms with Crippen LogP contribution < -0.4 is 0 Å². The maximum absolute atomic E-state index is 10.9. The van der Waals surface area contributed by atoms with Gasteiger partial charge in [-0.15, -0.1) is 0 Å². The van der Waals surface area contributed by atoms with E-state index in [0.717, 1.165) is 25.8 Å². The summed E-state index contributed by atoms with van der Waals surface area (Å²) in [6, 6.07) is 8.70. The van der Waals surface area contributed by atoms with Crippen LogP contribution in [0.2, 0.25) is 0 Å². The van der Waals surface area contributed by atoms with Crippen LogP contribution in [0.5, 0.6) is 0 Å². The van der Waals surface area contributed by atoms with Gasteiger partial charge in [0.05, 0.1) is 6.54 Å². The van der Waals surface area contributed by atoms with Gasteiger partial charge in [0.1, 0.15) is 0 Å². The van der Waals surface area contributed by atoms with Crippen molar-refractivity contribution in [3.63, 3.8) is 0 Å². The summed E-state index contributed by atoms with van der Waals surface area (Å²) in [6.07, 6.45) is 3.34. The van der Waals surface area contributed by atoms with E-state index in [9.17, 15) is 4.79 Å². The van der Waals surface area contributed by atoms with E-state index in [4.69, 9.17) is 5.11 Å². The number of benzene rings is 1. The molecule has 0 heterocycles. The molecular formula is C14H19NO2. The summed E-state index contributed by atoms with van der Waals surface area (Å²) in [6.45, 7) is 2.95. The van der Waals surface area contributed by atoms with E-state index in [1.807, 2.05) is 13.0 Å². The second-order valence-corrected chi connectivity index (χ2v) is 4.56. The van der Waals surface area contributed by atoms with E-state index < -0.39 is 5.97 Å². The summed E-state index contributed by atoms with van der Waals surface area (Å²) in [5.74, 6) is -0.741. The Labute approximate surface area is 102 Å². The Morgan fingerprint density at radius 3 is 2.94 bits per heavy atom. The Balaban J connectivity index is 2.24. The average Bonchev–Trinajstić information content (AvgIpc) is 2.35. The molecule has 3 nitrogen and oxygen atoms in total. The van der Waals surface area contributed by atoms with Crippen LogP contribution in [-0.2, 0) is 11.2 Å². The molecular weight excluding hydrogens is 214 g/mol. The summed E-state index contributed by atoms with van der Waals surface area (Å²) in [7, 11) is 0. The minimum absolute atomic E-state index is 0.134. The summed E-state index contributed by atoms with van der Waals surface area (Å²) in [4.78, 5) is 12.9. The molecule has 1 atom stereocenters. The maximum Gasteiger partial charge on any atom is 0.317 e. The lowest BCUT2D eigenvalue weighted by Crippen LogP contribution is -2.35. The highest BCUT2D eigenvalue weighted by atomic mass is 16.4.